The largest absolute Gasteiger partial charge is 0.327 e. The molecule has 3 rings (SSSR count). The average Bonchev–Trinajstić information content (AvgIpc) is 2.44. The summed E-state index contributed by atoms with van der Waals surface area (Å²) in [6.07, 6.45) is 9.16. The fourth-order valence-corrected chi connectivity index (χ4v) is 3.38. The molecule has 0 aromatic heterocycles. The quantitative estimate of drug-likeness (QED) is 0.654. The molecule has 0 radical (unpaired) electrons. The summed E-state index contributed by atoms with van der Waals surface area (Å²) in [6.45, 7) is 0. The topological polar surface area (TPSA) is 43.1 Å². The Kier molecular flexibility index (Phi) is 2.06. The number of rotatable bonds is 0. The van der Waals surface area contributed by atoms with Crippen LogP contribution in [-0.4, -0.2) is 11.8 Å². The van der Waals surface area contributed by atoms with Gasteiger partial charge in [0.15, 0.2) is 5.78 Å². The Balaban J connectivity index is 1.93. The zero-order chi connectivity index (χ0) is 10.4. The van der Waals surface area contributed by atoms with Crippen molar-refractivity contribution in [2.45, 2.75) is 38.1 Å². The zero-order valence-electron chi connectivity index (χ0n) is 8.91. The van der Waals surface area contributed by atoms with Crippen molar-refractivity contribution < 1.29 is 4.79 Å². The van der Waals surface area contributed by atoms with Crippen molar-refractivity contribution in [1.29, 1.82) is 0 Å². The van der Waals surface area contributed by atoms with Crippen LogP contribution in [0.5, 0.6) is 0 Å². The van der Waals surface area contributed by atoms with Gasteiger partial charge < -0.3 is 5.73 Å². The van der Waals surface area contributed by atoms with Crippen molar-refractivity contribution in [3.05, 3.63) is 23.3 Å². The van der Waals surface area contributed by atoms with Crippen molar-refractivity contribution >= 4 is 5.78 Å². The highest BCUT2D eigenvalue weighted by Gasteiger charge is 2.37. The van der Waals surface area contributed by atoms with Gasteiger partial charge in [-0.2, -0.15) is 0 Å². The molecule has 0 saturated heterocycles. The van der Waals surface area contributed by atoms with Crippen LogP contribution in [-0.2, 0) is 4.79 Å². The van der Waals surface area contributed by atoms with Gasteiger partial charge in [0.1, 0.15) is 0 Å². The van der Waals surface area contributed by atoms with Crippen LogP contribution >= 0.6 is 0 Å². The summed E-state index contributed by atoms with van der Waals surface area (Å²) in [6, 6.07) is 0.374. The van der Waals surface area contributed by atoms with Crippen molar-refractivity contribution in [1.82, 2.24) is 0 Å². The van der Waals surface area contributed by atoms with Crippen LogP contribution in [0.3, 0.4) is 0 Å². The zero-order valence-corrected chi connectivity index (χ0v) is 8.91. The van der Waals surface area contributed by atoms with Crippen LogP contribution in [0.15, 0.2) is 23.3 Å². The molecule has 0 aromatic carbocycles. The third-order valence-electron chi connectivity index (χ3n) is 4.30. The first-order valence-electron chi connectivity index (χ1n) is 5.91. The lowest BCUT2D eigenvalue weighted by molar-refractivity contribution is -0.114. The summed E-state index contributed by atoms with van der Waals surface area (Å²) in [7, 11) is 0. The van der Waals surface area contributed by atoms with Crippen LogP contribution in [0.4, 0.5) is 0 Å². The van der Waals surface area contributed by atoms with Crippen molar-refractivity contribution in [2.24, 2.45) is 17.6 Å². The summed E-state index contributed by atoms with van der Waals surface area (Å²) < 4.78 is 0. The maximum atomic E-state index is 11.4. The Morgan fingerprint density at radius 2 is 1.87 bits per heavy atom. The van der Waals surface area contributed by atoms with Crippen LogP contribution in [0.25, 0.3) is 0 Å². The molecule has 3 aliphatic carbocycles. The molecule has 2 heteroatoms. The molecule has 2 N–H and O–H groups in total. The molecule has 2 bridgehead atoms. The lowest BCUT2D eigenvalue weighted by Crippen LogP contribution is -2.30. The van der Waals surface area contributed by atoms with Gasteiger partial charge in [0.2, 0.25) is 0 Å². The van der Waals surface area contributed by atoms with E-state index in [0.717, 1.165) is 12.8 Å². The second-order valence-corrected chi connectivity index (χ2v) is 5.19. The molecule has 0 aliphatic heterocycles. The summed E-state index contributed by atoms with van der Waals surface area (Å²) in [4.78, 5) is 11.4. The van der Waals surface area contributed by atoms with E-state index in [1.54, 1.807) is 6.08 Å². The molecule has 2 nitrogen and oxygen atoms in total. The van der Waals surface area contributed by atoms with Crippen molar-refractivity contribution in [2.75, 3.05) is 0 Å². The lowest BCUT2D eigenvalue weighted by Gasteiger charge is -2.17. The Hall–Kier alpha value is -0.890. The first-order valence-corrected chi connectivity index (χ1v) is 5.91. The molecular formula is C13H17NO. The molecular weight excluding hydrogens is 186 g/mol. The monoisotopic (exact) mass is 203 g/mol. The molecule has 1 saturated carbocycles. The van der Waals surface area contributed by atoms with E-state index in [1.165, 1.54) is 24.0 Å². The fraction of sp³-hybridized carbons (Fsp3) is 0.615. The Labute approximate surface area is 90.2 Å². The molecule has 3 atom stereocenters. The van der Waals surface area contributed by atoms with Crippen molar-refractivity contribution in [3.63, 3.8) is 0 Å². The lowest BCUT2D eigenvalue weighted by atomic mass is 9.87. The minimum atomic E-state index is 0.264. The number of hydrogen-bond acceptors (Lipinski definition) is 2. The highest BCUT2D eigenvalue weighted by molar-refractivity contribution is 5.93. The number of hydrogen-bond donors (Lipinski definition) is 1. The van der Waals surface area contributed by atoms with Gasteiger partial charge in [-0.3, -0.25) is 4.79 Å². The maximum absolute atomic E-state index is 11.4. The second kappa shape index (κ2) is 3.31. The second-order valence-electron chi connectivity index (χ2n) is 5.19. The Bertz CT molecular complexity index is 367. The molecule has 0 aromatic rings. The predicted octanol–water partition coefficient (Wildman–Crippen LogP) is 1.96. The van der Waals surface area contributed by atoms with Gasteiger partial charge in [0.05, 0.1) is 0 Å². The van der Waals surface area contributed by atoms with Gasteiger partial charge >= 0.3 is 0 Å². The van der Waals surface area contributed by atoms with Crippen LogP contribution in [0, 0.1) is 11.8 Å². The third-order valence-corrected chi connectivity index (χ3v) is 4.30. The Morgan fingerprint density at radius 3 is 2.67 bits per heavy atom. The molecule has 80 valence electrons. The smallest absolute Gasteiger partial charge is 0.159 e. The number of carbonyl (C=O) groups excluding carboxylic acids is 1. The summed E-state index contributed by atoms with van der Waals surface area (Å²) >= 11 is 0. The van der Waals surface area contributed by atoms with Crippen molar-refractivity contribution in [3.8, 4) is 0 Å². The minimum absolute atomic E-state index is 0.264. The first-order chi connectivity index (χ1) is 7.24. The predicted molar refractivity (Wildman–Crippen MR) is 59.2 cm³/mol. The highest BCUT2D eigenvalue weighted by atomic mass is 16.1. The van der Waals surface area contributed by atoms with Crippen LogP contribution in [0.2, 0.25) is 0 Å². The van der Waals surface area contributed by atoms with E-state index in [1.807, 2.05) is 6.08 Å². The van der Waals surface area contributed by atoms with Gasteiger partial charge in [-0.05, 0) is 49.2 Å². The van der Waals surface area contributed by atoms with E-state index in [-0.39, 0.29) is 5.78 Å². The van der Waals surface area contributed by atoms with Gasteiger partial charge in [0.25, 0.3) is 0 Å². The van der Waals surface area contributed by atoms with Gasteiger partial charge in [0, 0.05) is 12.5 Å². The van der Waals surface area contributed by atoms with E-state index < -0.39 is 0 Å². The molecule has 0 spiro atoms. The van der Waals surface area contributed by atoms with Crippen LogP contribution < -0.4 is 5.73 Å². The molecule has 15 heavy (non-hydrogen) atoms. The summed E-state index contributed by atoms with van der Waals surface area (Å²) in [5.41, 5.74) is 9.03. The van der Waals surface area contributed by atoms with Gasteiger partial charge in [-0.15, -0.1) is 0 Å². The van der Waals surface area contributed by atoms with E-state index in [9.17, 15) is 4.79 Å². The fourth-order valence-electron chi connectivity index (χ4n) is 3.38. The van der Waals surface area contributed by atoms with E-state index in [2.05, 4.69) is 0 Å². The van der Waals surface area contributed by atoms with Crippen LogP contribution in [0.1, 0.15) is 32.1 Å². The first kappa shape index (κ1) is 9.34. The number of allylic oxidation sites excluding steroid dienone is 4. The average molecular weight is 203 g/mol. The standard InChI is InChI=1S/C13H17NO/c14-13-9-1-2-10(13)6-11-7-12(15)4-3-8(11)5-9/h3-4,9-10,13H,1-2,5-7,14H2. The summed E-state index contributed by atoms with van der Waals surface area (Å²) in [5.74, 6) is 1.57. The number of nitrogens with two attached hydrogens (primary N) is 1. The molecule has 0 heterocycles. The minimum Gasteiger partial charge on any atom is -0.327 e. The SMILES string of the molecule is NC1C2CCC1CC1=C(C=CC(=O)C1)C2. The van der Waals surface area contributed by atoms with E-state index >= 15 is 0 Å². The van der Waals surface area contributed by atoms with E-state index in [0.29, 0.717) is 24.3 Å². The van der Waals surface area contributed by atoms with E-state index in [4.69, 9.17) is 5.73 Å². The molecule has 3 unspecified atom stereocenters. The third kappa shape index (κ3) is 1.48. The molecule has 1 fully saturated rings. The Morgan fingerprint density at radius 1 is 1.13 bits per heavy atom. The number of ketones is 1. The van der Waals surface area contributed by atoms with Gasteiger partial charge in [-0.25, -0.2) is 0 Å². The molecule has 0 amide bonds. The highest BCUT2D eigenvalue weighted by Crippen LogP contribution is 2.43. The normalized spacial score (nSPS) is 39.3. The number of carbonyl (C=O) groups is 1. The number of fused-ring (bicyclic) bond motifs is 2. The summed E-state index contributed by atoms with van der Waals surface area (Å²) in [5, 5.41) is 0. The molecule has 3 aliphatic rings. The maximum Gasteiger partial charge on any atom is 0.159 e. The van der Waals surface area contributed by atoms with Gasteiger partial charge in [-0.1, -0.05) is 11.6 Å².